The average Bonchev–Trinajstić information content (AvgIpc) is 2.60. The second kappa shape index (κ2) is 8.60. The summed E-state index contributed by atoms with van der Waals surface area (Å²) in [6.07, 6.45) is 0. The maximum Gasteiger partial charge on any atom is 0.251 e. The summed E-state index contributed by atoms with van der Waals surface area (Å²) in [7, 11) is 0. The van der Waals surface area contributed by atoms with E-state index < -0.39 is 0 Å². The monoisotopic (exact) mass is 328 g/mol. The van der Waals surface area contributed by atoms with Gasteiger partial charge < -0.3 is 5.32 Å². The van der Waals surface area contributed by atoms with Gasteiger partial charge in [0.25, 0.3) is 5.91 Å². The molecule has 0 saturated carbocycles. The Bertz CT molecular complexity index is 696. The third-order valence-corrected chi connectivity index (χ3v) is 4.28. The number of amides is 1. The molecule has 0 aromatic heterocycles. The Morgan fingerprint density at radius 1 is 1.08 bits per heavy atom. The molecule has 128 valence electrons. The molecule has 4 heteroatoms. The SMILES string of the molecule is CCN(CC)Cc1ccccc1CNC(=O)c1ccc(C)c(F)c1. The van der Waals surface area contributed by atoms with Crippen molar-refractivity contribution in [3.8, 4) is 0 Å². The van der Waals surface area contributed by atoms with Crippen LogP contribution in [-0.4, -0.2) is 23.9 Å². The number of hydrogen-bond donors (Lipinski definition) is 1. The van der Waals surface area contributed by atoms with E-state index in [1.54, 1.807) is 19.1 Å². The first-order valence-electron chi connectivity index (χ1n) is 8.38. The third-order valence-electron chi connectivity index (χ3n) is 4.28. The van der Waals surface area contributed by atoms with Crippen molar-refractivity contribution in [2.24, 2.45) is 0 Å². The van der Waals surface area contributed by atoms with Crippen molar-refractivity contribution in [1.82, 2.24) is 10.2 Å². The van der Waals surface area contributed by atoms with Crippen LogP contribution < -0.4 is 5.32 Å². The molecular weight excluding hydrogens is 303 g/mol. The number of carbonyl (C=O) groups is 1. The number of rotatable bonds is 7. The smallest absolute Gasteiger partial charge is 0.251 e. The van der Waals surface area contributed by atoms with Crippen molar-refractivity contribution in [2.45, 2.75) is 33.9 Å². The Labute approximate surface area is 143 Å². The molecule has 0 aliphatic heterocycles. The van der Waals surface area contributed by atoms with Crippen LogP contribution in [0, 0.1) is 12.7 Å². The molecule has 1 N–H and O–H groups in total. The van der Waals surface area contributed by atoms with Gasteiger partial charge >= 0.3 is 0 Å². The van der Waals surface area contributed by atoms with Gasteiger partial charge in [-0.05, 0) is 48.8 Å². The highest BCUT2D eigenvalue weighted by molar-refractivity contribution is 5.94. The molecule has 0 fully saturated rings. The third kappa shape index (κ3) is 4.65. The summed E-state index contributed by atoms with van der Waals surface area (Å²) in [5.74, 6) is -0.615. The van der Waals surface area contributed by atoms with Crippen molar-refractivity contribution in [1.29, 1.82) is 0 Å². The lowest BCUT2D eigenvalue weighted by Gasteiger charge is -2.20. The molecule has 0 spiro atoms. The van der Waals surface area contributed by atoms with Crippen molar-refractivity contribution in [3.05, 3.63) is 70.5 Å². The molecule has 0 bridgehead atoms. The number of halogens is 1. The van der Waals surface area contributed by atoms with E-state index in [0.29, 0.717) is 17.7 Å². The van der Waals surface area contributed by atoms with E-state index in [1.165, 1.54) is 11.6 Å². The van der Waals surface area contributed by atoms with Crippen molar-refractivity contribution in [2.75, 3.05) is 13.1 Å². The summed E-state index contributed by atoms with van der Waals surface area (Å²) in [5, 5.41) is 2.89. The van der Waals surface area contributed by atoms with E-state index in [0.717, 1.165) is 25.2 Å². The molecule has 2 aromatic rings. The Kier molecular flexibility index (Phi) is 6.50. The molecule has 0 heterocycles. The summed E-state index contributed by atoms with van der Waals surface area (Å²) >= 11 is 0. The number of benzene rings is 2. The van der Waals surface area contributed by atoms with Crippen molar-refractivity contribution >= 4 is 5.91 Å². The van der Waals surface area contributed by atoms with E-state index in [2.05, 4.69) is 30.1 Å². The van der Waals surface area contributed by atoms with Crippen molar-refractivity contribution < 1.29 is 9.18 Å². The first kappa shape index (κ1) is 18.1. The highest BCUT2D eigenvalue weighted by Crippen LogP contribution is 2.13. The highest BCUT2D eigenvalue weighted by Gasteiger charge is 2.10. The van der Waals surface area contributed by atoms with E-state index in [-0.39, 0.29) is 11.7 Å². The molecule has 0 aliphatic carbocycles. The largest absolute Gasteiger partial charge is 0.348 e. The summed E-state index contributed by atoms with van der Waals surface area (Å²) in [4.78, 5) is 14.6. The summed E-state index contributed by atoms with van der Waals surface area (Å²) in [6, 6.07) is 12.7. The molecule has 0 saturated heterocycles. The number of carbonyl (C=O) groups excluding carboxylic acids is 1. The zero-order valence-electron chi connectivity index (χ0n) is 14.6. The molecule has 0 atom stereocenters. The molecule has 3 nitrogen and oxygen atoms in total. The molecule has 0 radical (unpaired) electrons. The maximum atomic E-state index is 13.6. The van der Waals surface area contributed by atoms with Gasteiger partial charge in [0.1, 0.15) is 5.82 Å². The van der Waals surface area contributed by atoms with Gasteiger partial charge in [-0.2, -0.15) is 0 Å². The number of nitrogens with zero attached hydrogens (tertiary/aromatic N) is 1. The zero-order chi connectivity index (χ0) is 17.5. The van der Waals surface area contributed by atoms with Gasteiger partial charge in [-0.3, -0.25) is 9.69 Å². The average molecular weight is 328 g/mol. The van der Waals surface area contributed by atoms with Crippen LogP contribution in [0.2, 0.25) is 0 Å². The van der Waals surface area contributed by atoms with Crippen LogP contribution in [-0.2, 0) is 13.1 Å². The predicted octanol–water partition coefficient (Wildman–Crippen LogP) is 3.91. The number of hydrogen-bond acceptors (Lipinski definition) is 2. The standard InChI is InChI=1S/C20H25FN2O/c1-4-23(5-2)14-18-9-7-6-8-17(18)13-22-20(24)16-11-10-15(3)19(21)12-16/h6-12H,4-5,13-14H2,1-3H3,(H,22,24). The van der Waals surface area contributed by atoms with Crippen LogP contribution in [0.1, 0.15) is 40.9 Å². The molecule has 1 amide bonds. The lowest BCUT2D eigenvalue weighted by Crippen LogP contribution is -2.26. The topological polar surface area (TPSA) is 32.3 Å². The maximum absolute atomic E-state index is 13.6. The van der Waals surface area contributed by atoms with E-state index in [1.807, 2.05) is 18.2 Å². The molecule has 2 rings (SSSR count). The van der Waals surface area contributed by atoms with E-state index in [9.17, 15) is 9.18 Å². The molecule has 0 aliphatic rings. The molecule has 2 aromatic carbocycles. The molecule has 24 heavy (non-hydrogen) atoms. The fourth-order valence-corrected chi connectivity index (χ4v) is 2.58. The normalized spacial score (nSPS) is 10.9. The molecule has 0 unspecified atom stereocenters. The summed E-state index contributed by atoms with van der Waals surface area (Å²) in [5.41, 5.74) is 3.18. The zero-order valence-corrected chi connectivity index (χ0v) is 14.6. The number of aryl methyl sites for hydroxylation is 1. The van der Waals surface area contributed by atoms with Crippen molar-refractivity contribution in [3.63, 3.8) is 0 Å². The van der Waals surface area contributed by atoms with Crippen LogP contribution in [0.25, 0.3) is 0 Å². The Morgan fingerprint density at radius 3 is 2.38 bits per heavy atom. The highest BCUT2D eigenvalue weighted by atomic mass is 19.1. The van der Waals surface area contributed by atoms with Gasteiger partial charge in [-0.15, -0.1) is 0 Å². The number of nitrogens with one attached hydrogen (secondary N) is 1. The summed E-state index contributed by atoms with van der Waals surface area (Å²) in [6.45, 7) is 9.23. The minimum atomic E-state index is -0.357. The minimum Gasteiger partial charge on any atom is -0.348 e. The van der Waals surface area contributed by atoms with E-state index >= 15 is 0 Å². The summed E-state index contributed by atoms with van der Waals surface area (Å²) < 4.78 is 13.6. The van der Waals surface area contributed by atoms with Gasteiger partial charge in [-0.25, -0.2) is 4.39 Å². The fourth-order valence-electron chi connectivity index (χ4n) is 2.58. The Morgan fingerprint density at radius 2 is 1.75 bits per heavy atom. The Hall–Kier alpha value is -2.20. The fraction of sp³-hybridized carbons (Fsp3) is 0.350. The van der Waals surface area contributed by atoms with Crippen LogP contribution in [0.4, 0.5) is 4.39 Å². The van der Waals surface area contributed by atoms with Gasteiger partial charge in [0.05, 0.1) is 0 Å². The van der Waals surface area contributed by atoms with Gasteiger partial charge in [0.15, 0.2) is 0 Å². The van der Waals surface area contributed by atoms with Crippen LogP contribution in [0.15, 0.2) is 42.5 Å². The van der Waals surface area contributed by atoms with Crippen LogP contribution >= 0.6 is 0 Å². The van der Waals surface area contributed by atoms with E-state index in [4.69, 9.17) is 0 Å². The second-order valence-electron chi connectivity index (χ2n) is 5.88. The van der Waals surface area contributed by atoms with Gasteiger partial charge in [0.2, 0.25) is 0 Å². The first-order valence-corrected chi connectivity index (χ1v) is 8.38. The second-order valence-corrected chi connectivity index (χ2v) is 5.88. The quantitative estimate of drug-likeness (QED) is 0.836. The van der Waals surface area contributed by atoms with Gasteiger partial charge in [0, 0.05) is 18.7 Å². The minimum absolute atomic E-state index is 0.258. The van der Waals surface area contributed by atoms with Gasteiger partial charge in [-0.1, -0.05) is 44.2 Å². The molecular formula is C20H25FN2O. The lowest BCUT2D eigenvalue weighted by molar-refractivity contribution is 0.0950. The first-order chi connectivity index (χ1) is 11.5. The Balaban J connectivity index is 2.06. The predicted molar refractivity (Wildman–Crippen MR) is 95.4 cm³/mol. The van der Waals surface area contributed by atoms with Crippen LogP contribution in [0.3, 0.4) is 0 Å². The lowest BCUT2D eigenvalue weighted by atomic mass is 10.1. The van der Waals surface area contributed by atoms with Crippen LogP contribution in [0.5, 0.6) is 0 Å².